The van der Waals surface area contributed by atoms with Crippen LogP contribution < -0.4 is 5.32 Å². The maximum absolute atomic E-state index is 11.1. The van der Waals surface area contributed by atoms with E-state index < -0.39 is 0 Å². The van der Waals surface area contributed by atoms with Crippen molar-refractivity contribution in [1.82, 2.24) is 5.32 Å². The van der Waals surface area contributed by atoms with Gasteiger partial charge in [0.05, 0.1) is 6.26 Å². The van der Waals surface area contributed by atoms with Crippen molar-refractivity contribution >= 4 is 21.8 Å². The molecule has 0 radical (unpaired) electrons. The maximum atomic E-state index is 11.1. The number of carbonyl (C=O) groups excluding carboxylic acids is 1. The number of hydrogen-bond acceptors (Lipinski definition) is 2. The van der Waals surface area contributed by atoms with E-state index in [0.29, 0.717) is 12.3 Å². The molecule has 0 aliphatic heterocycles. The average molecular weight is 230 g/mol. The Balaban J connectivity index is 2.45. The molecule has 0 bridgehead atoms. The minimum atomic E-state index is -0.236. The van der Waals surface area contributed by atoms with Crippen LogP contribution in [-0.2, 0) is 0 Å². The van der Waals surface area contributed by atoms with Gasteiger partial charge in [-0.1, -0.05) is 22.5 Å². The van der Waals surface area contributed by atoms with Gasteiger partial charge in [-0.05, 0) is 12.1 Å². The van der Waals surface area contributed by atoms with Crippen LogP contribution in [0.3, 0.4) is 0 Å². The van der Waals surface area contributed by atoms with Gasteiger partial charge in [-0.25, -0.2) is 0 Å². The second kappa shape index (κ2) is 4.11. The molecular weight excluding hydrogens is 222 g/mol. The summed E-state index contributed by atoms with van der Waals surface area (Å²) < 4.78 is 5.60. The molecule has 0 aromatic carbocycles. The molecule has 0 atom stereocenters. The molecular formula is C8H8BrNO2. The molecule has 1 aromatic rings. The van der Waals surface area contributed by atoms with Crippen molar-refractivity contribution in [3.63, 3.8) is 0 Å². The molecule has 0 spiro atoms. The predicted octanol–water partition coefficient (Wildman–Crippen LogP) is 1.92. The highest BCUT2D eigenvalue weighted by molar-refractivity contribution is 9.11. The summed E-state index contributed by atoms with van der Waals surface area (Å²) in [4.78, 5) is 11.1. The van der Waals surface area contributed by atoms with E-state index in [-0.39, 0.29) is 5.91 Å². The van der Waals surface area contributed by atoms with Crippen molar-refractivity contribution in [1.29, 1.82) is 0 Å². The van der Waals surface area contributed by atoms with Crippen molar-refractivity contribution in [2.24, 2.45) is 0 Å². The lowest BCUT2D eigenvalue weighted by atomic mass is 10.4. The smallest absolute Gasteiger partial charge is 0.287 e. The molecule has 0 saturated carbocycles. The molecule has 1 rings (SSSR count). The van der Waals surface area contributed by atoms with Crippen LogP contribution >= 0.6 is 15.9 Å². The van der Waals surface area contributed by atoms with E-state index in [4.69, 9.17) is 4.42 Å². The number of amides is 1. The lowest BCUT2D eigenvalue weighted by molar-refractivity contribution is 0.0930. The summed E-state index contributed by atoms with van der Waals surface area (Å²) >= 11 is 3.13. The normalized spacial score (nSPS) is 9.42. The fraction of sp³-hybridized carbons (Fsp3) is 0.125. The van der Waals surface area contributed by atoms with Gasteiger partial charge < -0.3 is 9.73 Å². The van der Waals surface area contributed by atoms with Gasteiger partial charge >= 0.3 is 0 Å². The Kier molecular flexibility index (Phi) is 3.10. The molecule has 0 saturated heterocycles. The van der Waals surface area contributed by atoms with Gasteiger partial charge in [-0.15, -0.1) is 0 Å². The van der Waals surface area contributed by atoms with Gasteiger partial charge in [-0.3, -0.25) is 4.79 Å². The summed E-state index contributed by atoms with van der Waals surface area (Å²) in [5.74, 6) is 0.0735. The molecule has 12 heavy (non-hydrogen) atoms. The zero-order chi connectivity index (χ0) is 8.97. The van der Waals surface area contributed by atoms with Crippen LogP contribution in [0.25, 0.3) is 0 Å². The zero-order valence-electron chi connectivity index (χ0n) is 6.34. The number of nitrogens with one attached hydrogen (secondary N) is 1. The summed E-state index contributed by atoms with van der Waals surface area (Å²) in [5, 5.41) is 2.61. The van der Waals surface area contributed by atoms with Crippen LogP contribution in [-0.4, -0.2) is 12.5 Å². The minimum Gasteiger partial charge on any atom is -0.459 e. The molecule has 1 heterocycles. The van der Waals surface area contributed by atoms with Gasteiger partial charge in [0.2, 0.25) is 0 Å². The van der Waals surface area contributed by atoms with Crippen molar-refractivity contribution in [3.8, 4) is 0 Å². The highest BCUT2D eigenvalue weighted by Crippen LogP contribution is 2.01. The third-order valence-electron chi connectivity index (χ3n) is 1.19. The second-order valence-corrected chi connectivity index (χ2v) is 3.30. The largest absolute Gasteiger partial charge is 0.459 e. The van der Waals surface area contributed by atoms with E-state index in [0.717, 1.165) is 4.48 Å². The third kappa shape index (κ3) is 2.54. The second-order valence-electron chi connectivity index (χ2n) is 2.18. The fourth-order valence-electron chi connectivity index (χ4n) is 0.671. The molecule has 1 aromatic heterocycles. The molecule has 0 aliphatic carbocycles. The van der Waals surface area contributed by atoms with Crippen molar-refractivity contribution in [2.45, 2.75) is 0 Å². The Morgan fingerprint density at radius 3 is 3.00 bits per heavy atom. The van der Waals surface area contributed by atoms with Crippen LogP contribution in [0.1, 0.15) is 10.6 Å². The maximum Gasteiger partial charge on any atom is 0.287 e. The van der Waals surface area contributed by atoms with Crippen LogP contribution in [0.4, 0.5) is 0 Å². The molecule has 64 valence electrons. The highest BCUT2D eigenvalue weighted by atomic mass is 79.9. The standard InChI is InChI=1S/C8H8BrNO2/c1-6(9)5-10-8(11)7-3-2-4-12-7/h2-4H,1,5H2,(H,10,11). The van der Waals surface area contributed by atoms with Gasteiger partial charge in [0.25, 0.3) is 5.91 Å². The lowest BCUT2D eigenvalue weighted by Crippen LogP contribution is -2.23. The highest BCUT2D eigenvalue weighted by Gasteiger charge is 2.06. The topological polar surface area (TPSA) is 42.2 Å². The molecule has 0 fully saturated rings. The summed E-state index contributed by atoms with van der Waals surface area (Å²) in [6.45, 7) is 3.98. The average Bonchev–Trinajstić information content (AvgIpc) is 2.51. The third-order valence-corrected chi connectivity index (χ3v) is 1.47. The van der Waals surface area contributed by atoms with Gasteiger partial charge in [0.15, 0.2) is 5.76 Å². The van der Waals surface area contributed by atoms with Gasteiger partial charge in [-0.2, -0.15) is 0 Å². The minimum absolute atomic E-state index is 0.236. The monoisotopic (exact) mass is 229 g/mol. The fourth-order valence-corrected chi connectivity index (χ4v) is 0.811. The molecule has 0 unspecified atom stereocenters. The molecule has 1 N–H and O–H groups in total. The van der Waals surface area contributed by atoms with E-state index in [9.17, 15) is 4.79 Å². The predicted molar refractivity (Wildman–Crippen MR) is 49.1 cm³/mol. The lowest BCUT2D eigenvalue weighted by Gasteiger charge is -1.99. The summed E-state index contributed by atoms with van der Waals surface area (Å²) in [6.07, 6.45) is 1.46. The first kappa shape index (κ1) is 9.06. The number of hydrogen-bond donors (Lipinski definition) is 1. The Morgan fingerprint density at radius 2 is 2.50 bits per heavy atom. The van der Waals surface area contributed by atoms with Crippen molar-refractivity contribution in [2.75, 3.05) is 6.54 Å². The van der Waals surface area contributed by atoms with E-state index in [1.54, 1.807) is 12.1 Å². The first-order valence-electron chi connectivity index (χ1n) is 3.35. The SMILES string of the molecule is C=C(Br)CNC(=O)c1ccco1. The first-order valence-corrected chi connectivity index (χ1v) is 4.14. The van der Waals surface area contributed by atoms with Crippen molar-refractivity contribution in [3.05, 3.63) is 35.2 Å². The Morgan fingerprint density at radius 1 is 1.75 bits per heavy atom. The Bertz CT molecular complexity index is 279. The Labute approximate surface area is 78.6 Å². The van der Waals surface area contributed by atoms with Gasteiger partial charge in [0, 0.05) is 11.0 Å². The van der Waals surface area contributed by atoms with E-state index in [2.05, 4.69) is 27.8 Å². The molecule has 3 nitrogen and oxygen atoms in total. The van der Waals surface area contributed by atoms with Crippen LogP contribution in [0, 0.1) is 0 Å². The number of furan rings is 1. The summed E-state index contributed by atoms with van der Waals surface area (Å²) in [5.41, 5.74) is 0. The number of rotatable bonds is 3. The van der Waals surface area contributed by atoms with Crippen LogP contribution in [0.15, 0.2) is 33.9 Å². The Hall–Kier alpha value is -1.03. The quantitative estimate of drug-likeness (QED) is 0.861. The van der Waals surface area contributed by atoms with Gasteiger partial charge in [0.1, 0.15) is 0 Å². The molecule has 4 heteroatoms. The van der Waals surface area contributed by atoms with E-state index in [1.807, 2.05) is 0 Å². The number of halogens is 1. The van der Waals surface area contributed by atoms with E-state index >= 15 is 0 Å². The molecule has 1 amide bonds. The number of carbonyl (C=O) groups is 1. The molecule has 0 aliphatic rings. The van der Waals surface area contributed by atoms with E-state index in [1.165, 1.54) is 6.26 Å². The summed E-state index contributed by atoms with van der Waals surface area (Å²) in [6, 6.07) is 3.27. The zero-order valence-corrected chi connectivity index (χ0v) is 7.93. The first-order chi connectivity index (χ1) is 5.70. The van der Waals surface area contributed by atoms with Crippen LogP contribution in [0.2, 0.25) is 0 Å². The summed E-state index contributed by atoms with van der Waals surface area (Å²) in [7, 11) is 0. The van der Waals surface area contributed by atoms with Crippen molar-refractivity contribution < 1.29 is 9.21 Å². The van der Waals surface area contributed by atoms with Crippen LogP contribution in [0.5, 0.6) is 0 Å².